The Hall–Kier alpha value is -1.67. The minimum Gasteiger partial charge on any atom is -0.494 e. The van der Waals surface area contributed by atoms with Crippen molar-refractivity contribution < 1.29 is 17.9 Å². The molecule has 0 unspecified atom stereocenters. The fourth-order valence-corrected chi connectivity index (χ4v) is 3.40. The van der Waals surface area contributed by atoms with Gasteiger partial charge in [-0.15, -0.1) is 0 Å². The molecule has 0 radical (unpaired) electrons. The number of ether oxygens (including phenoxy) is 1. The van der Waals surface area contributed by atoms with Crippen molar-refractivity contribution in [2.75, 3.05) is 17.7 Å². The summed E-state index contributed by atoms with van der Waals surface area (Å²) in [6.07, 6.45) is 0. The number of benzene rings is 1. The van der Waals surface area contributed by atoms with E-state index in [0.29, 0.717) is 11.7 Å². The zero-order valence-corrected chi connectivity index (χ0v) is 14.3. The van der Waals surface area contributed by atoms with Crippen LogP contribution in [0.25, 0.3) is 10.2 Å². The first kappa shape index (κ1) is 16.7. The number of hydrogen-bond acceptors (Lipinski definition) is 6. The summed E-state index contributed by atoms with van der Waals surface area (Å²) >= 11 is 1.28. The molecule has 1 amide bonds. The predicted molar refractivity (Wildman–Crippen MR) is 88.3 cm³/mol. The van der Waals surface area contributed by atoms with Crippen LogP contribution in [0.3, 0.4) is 0 Å². The highest BCUT2D eigenvalue weighted by molar-refractivity contribution is 7.92. The Balaban J connectivity index is 2.13. The SMILES string of the molecule is CCOc1ccc2nc(NC(=O)CS(=O)(=O)C(C)C)sc2c1. The van der Waals surface area contributed by atoms with E-state index in [1.165, 1.54) is 11.3 Å². The third-order valence-electron chi connectivity index (χ3n) is 2.97. The molecule has 2 rings (SSSR count). The molecule has 0 fully saturated rings. The van der Waals surface area contributed by atoms with Crippen molar-refractivity contribution in [3.05, 3.63) is 18.2 Å². The Bertz CT molecular complexity index is 781. The second-order valence-corrected chi connectivity index (χ2v) is 8.57. The maximum atomic E-state index is 11.8. The zero-order chi connectivity index (χ0) is 16.3. The quantitative estimate of drug-likeness (QED) is 0.871. The first-order chi connectivity index (χ1) is 10.3. The molecular formula is C14H18N2O4S2. The third kappa shape index (κ3) is 3.95. The van der Waals surface area contributed by atoms with E-state index in [-0.39, 0.29) is 0 Å². The second-order valence-electron chi connectivity index (χ2n) is 4.99. The lowest BCUT2D eigenvalue weighted by Crippen LogP contribution is -2.27. The number of nitrogens with zero attached hydrogens (tertiary/aromatic N) is 1. The van der Waals surface area contributed by atoms with E-state index in [2.05, 4.69) is 10.3 Å². The van der Waals surface area contributed by atoms with Crippen molar-refractivity contribution in [3.63, 3.8) is 0 Å². The molecule has 1 aromatic carbocycles. The predicted octanol–water partition coefficient (Wildman–Crippen LogP) is 2.46. The Morgan fingerprint density at radius 1 is 1.41 bits per heavy atom. The van der Waals surface area contributed by atoms with Gasteiger partial charge in [-0.3, -0.25) is 4.79 Å². The number of sulfone groups is 1. The Kier molecular flexibility index (Phi) is 5.02. The number of rotatable bonds is 6. The number of thiazole rings is 1. The molecule has 0 saturated heterocycles. The van der Waals surface area contributed by atoms with E-state index in [9.17, 15) is 13.2 Å². The standard InChI is InChI=1S/C14H18N2O4S2/c1-4-20-10-5-6-11-12(7-10)21-14(15-11)16-13(17)8-22(18,19)9(2)3/h5-7,9H,4,8H2,1-3H3,(H,15,16,17). The van der Waals surface area contributed by atoms with Gasteiger partial charge in [0.2, 0.25) is 5.91 Å². The molecule has 6 nitrogen and oxygen atoms in total. The lowest BCUT2D eigenvalue weighted by molar-refractivity contribution is -0.113. The minimum atomic E-state index is -3.42. The van der Waals surface area contributed by atoms with Crippen molar-refractivity contribution >= 4 is 42.4 Å². The molecule has 1 aromatic heterocycles. The van der Waals surface area contributed by atoms with Gasteiger partial charge < -0.3 is 10.1 Å². The fourth-order valence-electron chi connectivity index (χ4n) is 1.72. The molecule has 0 atom stereocenters. The van der Waals surface area contributed by atoms with E-state index in [1.807, 2.05) is 13.0 Å². The van der Waals surface area contributed by atoms with E-state index in [4.69, 9.17) is 4.74 Å². The first-order valence-corrected chi connectivity index (χ1v) is 9.40. The zero-order valence-electron chi connectivity index (χ0n) is 12.6. The summed E-state index contributed by atoms with van der Waals surface area (Å²) in [7, 11) is -3.42. The molecule has 0 aliphatic carbocycles. The minimum absolute atomic E-state index is 0.382. The maximum Gasteiger partial charge on any atom is 0.241 e. The molecule has 0 bridgehead atoms. The van der Waals surface area contributed by atoms with Crippen LogP contribution in [-0.4, -0.2) is 36.9 Å². The van der Waals surface area contributed by atoms with Gasteiger partial charge in [-0.25, -0.2) is 13.4 Å². The van der Waals surface area contributed by atoms with Crippen molar-refractivity contribution in [3.8, 4) is 5.75 Å². The van der Waals surface area contributed by atoms with Crippen LogP contribution in [0.2, 0.25) is 0 Å². The van der Waals surface area contributed by atoms with Crippen molar-refractivity contribution in [2.45, 2.75) is 26.0 Å². The largest absolute Gasteiger partial charge is 0.494 e. The summed E-state index contributed by atoms with van der Waals surface area (Å²) in [5.41, 5.74) is 0.732. The van der Waals surface area contributed by atoms with Gasteiger partial charge >= 0.3 is 0 Å². The highest BCUT2D eigenvalue weighted by atomic mass is 32.2. The van der Waals surface area contributed by atoms with E-state index in [1.54, 1.807) is 26.0 Å². The van der Waals surface area contributed by atoms with Gasteiger partial charge in [0, 0.05) is 0 Å². The van der Waals surface area contributed by atoms with Gasteiger partial charge in [0.25, 0.3) is 0 Å². The second kappa shape index (κ2) is 6.62. The van der Waals surface area contributed by atoms with E-state index < -0.39 is 26.7 Å². The molecule has 1 heterocycles. The molecule has 0 saturated carbocycles. The van der Waals surface area contributed by atoms with Crippen LogP contribution in [0.1, 0.15) is 20.8 Å². The molecule has 0 aliphatic heterocycles. The normalized spacial score (nSPS) is 11.8. The number of hydrogen-bond donors (Lipinski definition) is 1. The molecule has 120 valence electrons. The van der Waals surface area contributed by atoms with Crippen LogP contribution in [0.4, 0.5) is 5.13 Å². The lowest BCUT2D eigenvalue weighted by Gasteiger charge is -2.06. The summed E-state index contributed by atoms with van der Waals surface area (Å²) in [5, 5.41) is 2.34. The topological polar surface area (TPSA) is 85.4 Å². The number of carbonyl (C=O) groups excluding carboxylic acids is 1. The summed E-state index contributed by atoms with van der Waals surface area (Å²) in [6, 6.07) is 5.45. The van der Waals surface area contributed by atoms with Crippen LogP contribution >= 0.6 is 11.3 Å². The highest BCUT2D eigenvalue weighted by Crippen LogP contribution is 2.29. The summed E-state index contributed by atoms with van der Waals surface area (Å²) in [4.78, 5) is 16.1. The number of anilines is 1. The first-order valence-electron chi connectivity index (χ1n) is 6.86. The summed E-state index contributed by atoms with van der Waals surface area (Å²) in [6.45, 7) is 5.57. The van der Waals surface area contributed by atoms with Crippen LogP contribution in [-0.2, 0) is 14.6 Å². The molecule has 22 heavy (non-hydrogen) atoms. The molecule has 0 aliphatic rings. The smallest absolute Gasteiger partial charge is 0.241 e. The highest BCUT2D eigenvalue weighted by Gasteiger charge is 2.21. The van der Waals surface area contributed by atoms with Gasteiger partial charge in [-0.05, 0) is 39.0 Å². The van der Waals surface area contributed by atoms with E-state index >= 15 is 0 Å². The van der Waals surface area contributed by atoms with Gasteiger partial charge in [-0.1, -0.05) is 11.3 Å². The lowest BCUT2D eigenvalue weighted by atomic mass is 10.3. The van der Waals surface area contributed by atoms with Crippen LogP contribution in [0.15, 0.2) is 18.2 Å². The number of amides is 1. The van der Waals surface area contributed by atoms with E-state index in [0.717, 1.165) is 16.0 Å². The Morgan fingerprint density at radius 3 is 2.77 bits per heavy atom. The molecule has 2 aromatic rings. The number of fused-ring (bicyclic) bond motifs is 1. The number of nitrogens with one attached hydrogen (secondary N) is 1. The summed E-state index contributed by atoms with van der Waals surface area (Å²) in [5.74, 6) is -0.373. The average molecular weight is 342 g/mol. The third-order valence-corrected chi connectivity index (χ3v) is 6.00. The maximum absolute atomic E-state index is 11.8. The number of aromatic nitrogens is 1. The molecule has 8 heteroatoms. The average Bonchev–Trinajstić information content (AvgIpc) is 2.79. The van der Waals surface area contributed by atoms with Gasteiger partial charge in [0.1, 0.15) is 11.5 Å². The molecule has 1 N–H and O–H groups in total. The van der Waals surface area contributed by atoms with Crippen LogP contribution < -0.4 is 10.1 Å². The fraction of sp³-hybridized carbons (Fsp3) is 0.429. The van der Waals surface area contributed by atoms with Gasteiger partial charge in [-0.2, -0.15) is 0 Å². The van der Waals surface area contributed by atoms with Crippen LogP contribution in [0, 0.1) is 0 Å². The van der Waals surface area contributed by atoms with Gasteiger partial charge in [0.05, 0.1) is 22.1 Å². The Labute approximate surface area is 133 Å². The Morgan fingerprint density at radius 2 is 2.14 bits per heavy atom. The monoisotopic (exact) mass is 342 g/mol. The number of carbonyl (C=O) groups is 1. The molecular weight excluding hydrogens is 324 g/mol. The van der Waals surface area contributed by atoms with Crippen molar-refractivity contribution in [1.29, 1.82) is 0 Å². The van der Waals surface area contributed by atoms with Crippen LogP contribution in [0.5, 0.6) is 5.75 Å². The van der Waals surface area contributed by atoms with Crippen molar-refractivity contribution in [1.82, 2.24) is 4.98 Å². The molecule has 0 spiro atoms. The van der Waals surface area contributed by atoms with Gasteiger partial charge in [0.15, 0.2) is 15.0 Å². The van der Waals surface area contributed by atoms with Crippen molar-refractivity contribution in [2.24, 2.45) is 0 Å². The summed E-state index contributed by atoms with van der Waals surface area (Å²) < 4.78 is 29.7.